The average Bonchev–Trinajstić information content (AvgIpc) is 3.04. The molecular formula is C15H27N3O. The van der Waals surface area contributed by atoms with Gasteiger partial charge in [-0.05, 0) is 33.1 Å². The standard InChI is InChI=1S/C15H27N3O/c1-3-5-6-9-17-14(16-4-2)18-10-7-15(12-18)8-11-19-13-15/h3,5H,4,6-13H2,1-2H3,(H,16,17)/b5-3+. The Bertz CT molecular complexity index is 332. The van der Waals surface area contributed by atoms with Crippen molar-refractivity contribution >= 4 is 5.96 Å². The minimum atomic E-state index is 0.402. The number of hydrogen-bond donors (Lipinski definition) is 1. The van der Waals surface area contributed by atoms with Crippen LogP contribution in [0.3, 0.4) is 0 Å². The number of likely N-dealkylation sites (tertiary alicyclic amines) is 1. The maximum absolute atomic E-state index is 5.59. The summed E-state index contributed by atoms with van der Waals surface area (Å²) in [6.45, 7) is 10.1. The molecule has 0 saturated carbocycles. The van der Waals surface area contributed by atoms with Crippen LogP contribution in [0.2, 0.25) is 0 Å². The van der Waals surface area contributed by atoms with Crippen LogP contribution in [0.4, 0.5) is 0 Å². The highest BCUT2D eigenvalue weighted by molar-refractivity contribution is 5.80. The Kier molecular flexibility index (Phi) is 5.25. The fraction of sp³-hybridized carbons (Fsp3) is 0.800. The van der Waals surface area contributed by atoms with Crippen molar-refractivity contribution in [1.82, 2.24) is 10.2 Å². The maximum Gasteiger partial charge on any atom is 0.193 e. The van der Waals surface area contributed by atoms with Gasteiger partial charge < -0.3 is 15.0 Å². The summed E-state index contributed by atoms with van der Waals surface area (Å²) < 4.78 is 5.59. The third-order valence-corrected chi connectivity index (χ3v) is 4.05. The van der Waals surface area contributed by atoms with Gasteiger partial charge >= 0.3 is 0 Å². The minimum absolute atomic E-state index is 0.402. The Balaban J connectivity index is 1.91. The van der Waals surface area contributed by atoms with Crippen molar-refractivity contribution in [2.75, 3.05) is 39.4 Å². The van der Waals surface area contributed by atoms with Crippen LogP contribution in [0.5, 0.6) is 0 Å². The van der Waals surface area contributed by atoms with Crippen molar-refractivity contribution in [3.05, 3.63) is 12.2 Å². The first-order valence-electron chi connectivity index (χ1n) is 7.52. The molecule has 1 unspecified atom stereocenters. The maximum atomic E-state index is 5.59. The van der Waals surface area contributed by atoms with Crippen LogP contribution in [-0.4, -0.2) is 50.3 Å². The number of nitrogens with one attached hydrogen (secondary N) is 1. The fourth-order valence-corrected chi connectivity index (χ4v) is 2.92. The number of rotatable bonds is 4. The predicted octanol–water partition coefficient (Wildman–Crippen LogP) is 2.03. The van der Waals surface area contributed by atoms with Gasteiger partial charge in [-0.1, -0.05) is 12.2 Å². The Morgan fingerprint density at radius 2 is 2.37 bits per heavy atom. The Morgan fingerprint density at radius 1 is 1.47 bits per heavy atom. The minimum Gasteiger partial charge on any atom is -0.381 e. The van der Waals surface area contributed by atoms with E-state index >= 15 is 0 Å². The molecule has 108 valence electrons. The molecule has 2 fully saturated rings. The lowest BCUT2D eigenvalue weighted by molar-refractivity contribution is 0.156. The highest BCUT2D eigenvalue weighted by atomic mass is 16.5. The molecule has 0 aromatic carbocycles. The van der Waals surface area contributed by atoms with E-state index in [1.54, 1.807) is 0 Å². The molecule has 0 bridgehead atoms. The molecule has 2 saturated heterocycles. The van der Waals surface area contributed by atoms with Gasteiger partial charge in [0.2, 0.25) is 0 Å². The second-order valence-corrected chi connectivity index (χ2v) is 5.57. The van der Waals surface area contributed by atoms with Crippen molar-refractivity contribution in [3.8, 4) is 0 Å². The van der Waals surface area contributed by atoms with Gasteiger partial charge in [-0.25, -0.2) is 0 Å². The van der Waals surface area contributed by atoms with E-state index < -0.39 is 0 Å². The number of aliphatic imine (C=N–C) groups is 1. The third kappa shape index (κ3) is 3.72. The summed E-state index contributed by atoms with van der Waals surface area (Å²) in [5, 5.41) is 3.42. The Hall–Kier alpha value is -1.03. The SMILES string of the molecule is C/C=C/CCN=C(NCC)N1CCC2(CCOC2)C1. The summed E-state index contributed by atoms with van der Waals surface area (Å²) in [5.41, 5.74) is 0.402. The van der Waals surface area contributed by atoms with Gasteiger partial charge in [0.25, 0.3) is 0 Å². The van der Waals surface area contributed by atoms with Crippen LogP contribution in [0.15, 0.2) is 17.1 Å². The van der Waals surface area contributed by atoms with Crippen LogP contribution < -0.4 is 5.32 Å². The van der Waals surface area contributed by atoms with Crippen LogP contribution in [0, 0.1) is 5.41 Å². The molecule has 2 aliphatic rings. The fourth-order valence-electron chi connectivity index (χ4n) is 2.92. The lowest BCUT2D eigenvalue weighted by Gasteiger charge is -2.24. The summed E-state index contributed by atoms with van der Waals surface area (Å²) in [6.07, 6.45) is 7.73. The molecule has 0 amide bonds. The van der Waals surface area contributed by atoms with E-state index in [9.17, 15) is 0 Å². The molecule has 4 nitrogen and oxygen atoms in total. The highest BCUT2D eigenvalue weighted by Gasteiger charge is 2.42. The molecule has 2 heterocycles. The molecule has 0 aromatic rings. The van der Waals surface area contributed by atoms with Crippen LogP contribution >= 0.6 is 0 Å². The third-order valence-electron chi connectivity index (χ3n) is 4.05. The van der Waals surface area contributed by atoms with E-state index in [1.807, 2.05) is 0 Å². The van der Waals surface area contributed by atoms with Gasteiger partial charge in [0.05, 0.1) is 6.61 Å². The molecule has 0 radical (unpaired) electrons. The predicted molar refractivity (Wildman–Crippen MR) is 79.5 cm³/mol. The molecule has 2 rings (SSSR count). The van der Waals surface area contributed by atoms with Gasteiger partial charge in [-0.15, -0.1) is 0 Å². The number of ether oxygens (including phenoxy) is 1. The number of hydrogen-bond acceptors (Lipinski definition) is 2. The highest BCUT2D eigenvalue weighted by Crippen LogP contribution is 2.38. The normalized spacial score (nSPS) is 27.9. The Labute approximate surface area is 116 Å². The summed E-state index contributed by atoms with van der Waals surface area (Å²) >= 11 is 0. The lowest BCUT2D eigenvalue weighted by atomic mass is 9.87. The molecule has 0 aromatic heterocycles. The Morgan fingerprint density at radius 3 is 3.05 bits per heavy atom. The van der Waals surface area contributed by atoms with Gasteiger partial charge in [0.1, 0.15) is 0 Å². The summed E-state index contributed by atoms with van der Waals surface area (Å²) in [7, 11) is 0. The average molecular weight is 265 g/mol. The van der Waals surface area contributed by atoms with E-state index in [0.717, 1.165) is 51.8 Å². The first kappa shape index (κ1) is 14.4. The zero-order valence-electron chi connectivity index (χ0n) is 12.3. The van der Waals surface area contributed by atoms with E-state index in [1.165, 1.54) is 12.8 Å². The molecule has 1 spiro atoms. The van der Waals surface area contributed by atoms with Crippen molar-refractivity contribution in [3.63, 3.8) is 0 Å². The molecule has 1 N–H and O–H groups in total. The molecule has 2 aliphatic heterocycles. The number of allylic oxidation sites excluding steroid dienone is 1. The molecule has 4 heteroatoms. The second kappa shape index (κ2) is 6.94. The zero-order chi connectivity index (χ0) is 13.6. The van der Waals surface area contributed by atoms with Gasteiger partial charge in [-0.2, -0.15) is 0 Å². The molecule has 1 atom stereocenters. The number of nitrogens with zero attached hydrogens (tertiary/aromatic N) is 2. The molecule has 0 aliphatic carbocycles. The van der Waals surface area contributed by atoms with E-state index in [-0.39, 0.29) is 0 Å². The lowest BCUT2D eigenvalue weighted by Crippen LogP contribution is -2.41. The summed E-state index contributed by atoms with van der Waals surface area (Å²) in [6, 6.07) is 0. The smallest absolute Gasteiger partial charge is 0.193 e. The topological polar surface area (TPSA) is 36.9 Å². The first-order valence-corrected chi connectivity index (χ1v) is 7.52. The van der Waals surface area contributed by atoms with Crippen LogP contribution in [0.25, 0.3) is 0 Å². The first-order chi connectivity index (χ1) is 9.29. The van der Waals surface area contributed by atoms with Crippen molar-refractivity contribution in [2.45, 2.75) is 33.1 Å². The zero-order valence-corrected chi connectivity index (χ0v) is 12.3. The number of guanidine groups is 1. The van der Waals surface area contributed by atoms with Gasteiger partial charge in [0, 0.05) is 38.2 Å². The van der Waals surface area contributed by atoms with Crippen LogP contribution in [0.1, 0.15) is 33.1 Å². The quantitative estimate of drug-likeness (QED) is 0.366. The summed E-state index contributed by atoms with van der Waals surface area (Å²) in [5.74, 6) is 1.08. The largest absolute Gasteiger partial charge is 0.381 e. The van der Waals surface area contributed by atoms with E-state index in [2.05, 4.69) is 36.2 Å². The monoisotopic (exact) mass is 265 g/mol. The van der Waals surface area contributed by atoms with E-state index in [0.29, 0.717) is 5.41 Å². The van der Waals surface area contributed by atoms with E-state index in [4.69, 9.17) is 9.73 Å². The van der Waals surface area contributed by atoms with Crippen molar-refractivity contribution in [2.24, 2.45) is 10.4 Å². The summed E-state index contributed by atoms with van der Waals surface area (Å²) in [4.78, 5) is 7.14. The molecule has 19 heavy (non-hydrogen) atoms. The second-order valence-electron chi connectivity index (χ2n) is 5.57. The molecular weight excluding hydrogens is 238 g/mol. The van der Waals surface area contributed by atoms with Gasteiger partial charge in [-0.3, -0.25) is 4.99 Å². The van der Waals surface area contributed by atoms with Crippen LogP contribution in [-0.2, 0) is 4.74 Å². The van der Waals surface area contributed by atoms with Crippen molar-refractivity contribution in [1.29, 1.82) is 0 Å². The van der Waals surface area contributed by atoms with Gasteiger partial charge in [0.15, 0.2) is 5.96 Å². The van der Waals surface area contributed by atoms with Crippen molar-refractivity contribution < 1.29 is 4.74 Å².